The predicted octanol–water partition coefficient (Wildman–Crippen LogP) is 3.67. The monoisotopic (exact) mass is 296 g/mol. The van der Waals surface area contributed by atoms with Crippen LogP contribution >= 0.6 is 23.2 Å². The Labute approximate surface area is 122 Å². The van der Waals surface area contributed by atoms with E-state index < -0.39 is 0 Å². The molecule has 0 unspecified atom stereocenters. The summed E-state index contributed by atoms with van der Waals surface area (Å²) >= 11 is 12.2. The summed E-state index contributed by atoms with van der Waals surface area (Å²) in [6.45, 7) is 3.77. The molecule has 0 radical (unpaired) electrons. The van der Waals surface area contributed by atoms with Crippen molar-refractivity contribution >= 4 is 34.8 Å². The Hall–Kier alpha value is -1.32. The van der Waals surface area contributed by atoms with E-state index in [0.717, 1.165) is 23.3 Å². The quantitative estimate of drug-likeness (QED) is 0.850. The topological polar surface area (TPSA) is 41.5 Å². The van der Waals surface area contributed by atoms with Gasteiger partial charge in [0.05, 0.1) is 11.3 Å². The van der Waals surface area contributed by atoms with Crippen molar-refractivity contribution in [3.05, 3.63) is 45.0 Å². The summed E-state index contributed by atoms with van der Waals surface area (Å²) in [5, 5.41) is 5.35. The van der Waals surface area contributed by atoms with E-state index in [1.807, 2.05) is 19.9 Å². The second-order valence-electron chi connectivity index (χ2n) is 4.39. The molecule has 0 atom stereocenters. The van der Waals surface area contributed by atoms with E-state index in [2.05, 4.69) is 10.5 Å². The number of hydrogen-bond donors (Lipinski definition) is 1. The van der Waals surface area contributed by atoms with Crippen LogP contribution in [0.4, 0.5) is 0 Å². The van der Waals surface area contributed by atoms with E-state index in [0.29, 0.717) is 22.0 Å². The largest absolute Gasteiger partial charge is 0.272 e. The lowest BCUT2D eigenvalue weighted by molar-refractivity contribution is -0.116. The van der Waals surface area contributed by atoms with Crippen molar-refractivity contribution in [2.24, 2.45) is 5.10 Å². The molecule has 0 saturated carbocycles. The molecule has 2 rings (SSSR count). The molecule has 1 aliphatic rings. The zero-order valence-corrected chi connectivity index (χ0v) is 12.3. The van der Waals surface area contributed by atoms with Crippen LogP contribution in [0.3, 0.4) is 0 Å². The van der Waals surface area contributed by atoms with E-state index in [-0.39, 0.29) is 5.91 Å². The number of nitrogens with one attached hydrogen (secondary N) is 1. The van der Waals surface area contributed by atoms with Crippen LogP contribution in [-0.2, 0) is 11.2 Å². The lowest BCUT2D eigenvalue weighted by Crippen LogP contribution is -2.13. The number of halogens is 2. The number of aryl methyl sites for hydroxylation is 2. The van der Waals surface area contributed by atoms with Gasteiger partial charge in [-0.2, -0.15) is 5.10 Å². The molecule has 0 fully saturated rings. The highest BCUT2D eigenvalue weighted by Crippen LogP contribution is 2.26. The summed E-state index contributed by atoms with van der Waals surface area (Å²) < 4.78 is 0. The Morgan fingerprint density at radius 3 is 2.68 bits per heavy atom. The molecule has 0 aromatic heterocycles. The van der Waals surface area contributed by atoms with Crippen molar-refractivity contribution in [3.63, 3.8) is 0 Å². The van der Waals surface area contributed by atoms with Crippen molar-refractivity contribution < 1.29 is 4.79 Å². The highest BCUT2D eigenvalue weighted by Gasteiger charge is 2.21. The molecule has 0 aliphatic carbocycles. The van der Waals surface area contributed by atoms with Gasteiger partial charge in [0.2, 0.25) is 0 Å². The summed E-state index contributed by atoms with van der Waals surface area (Å²) in [6, 6.07) is 3.73. The molecule has 1 aliphatic heterocycles. The van der Waals surface area contributed by atoms with Crippen molar-refractivity contribution in [1.82, 2.24) is 5.43 Å². The third-order valence-electron chi connectivity index (χ3n) is 3.10. The van der Waals surface area contributed by atoms with E-state index in [4.69, 9.17) is 23.2 Å². The maximum Gasteiger partial charge on any atom is 0.272 e. The van der Waals surface area contributed by atoms with Crippen molar-refractivity contribution in [2.45, 2.75) is 26.7 Å². The van der Waals surface area contributed by atoms with Gasteiger partial charge < -0.3 is 0 Å². The van der Waals surface area contributed by atoms with Gasteiger partial charge in [-0.05, 0) is 43.9 Å². The van der Waals surface area contributed by atoms with Crippen LogP contribution < -0.4 is 5.43 Å². The first-order chi connectivity index (χ1) is 9.02. The van der Waals surface area contributed by atoms with E-state index >= 15 is 0 Å². The normalized spacial score (nSPS) is 16.7. The molecule has 1 aromatic carbocycles. The maximum atomic E-state index is 11.5. The standard InChI is InChI=1S/C14H14Cl2N2O/c1-3-10-13(17-18-14(10)19)5-4-9-6-8(2)11(15)7-12(9)16/h3,6-7H,4-5H2,1-2H3,(H,18,19)/b10-3+. The number of hydrazone groups is 1. The number of allylic oxidation sites excluding steroid dienone is 1. The van der Waals surface area contributed by atoms with Gasteiger partial charge in [-0.25, -0.2) is 5.43 Å². The number of benzene rings is 1. The van der Waals surface area contributed by atoms with Crippen molar-refractivity contribution in [2.75, 3.05) is 0 Å². The van der Waals surface area contributed by atoms with Crippen LogP contribution in [0.15, 0.2) is 28.9 Å². The molecular weight excluding hydrogens is 283 g/mol. The van der Waals surface area contributed by atoms with Gasteiger partial charge in [0.15, 0.2) is 0 Å². The molecule has 0 bridgehead atoms. The van der Waals surface area contributed by atoms with Gasteiger partial charge in [0.25, 0.3) is 5.91 Å². The molecule has 1 heterocycles. The molecule has 100 valence electrons. The Kier molecular flexibility index (Phi) is 4.27. The van der Waals surface area contributed by atoms with Gasteiger partial charge >= 0.3 is 0 Å². The number of carbonyl (C=O) groups is 1. The first-order valence-electron chi connectivity index (χ1n) is 6.01. The minimum atomic E-state index is -0.143. The Balaban J connectivity index is 2.12. The number of hydrogen-bond acceptors (Lipinski definition) is 2. The van der Waals surface area contributed by atoms with Crippen LogP contribution in [0, 0.1) is 6.92 Å². The molecule has 1 amide bonds. The van der Waals surface area contributed by atoms with Gasteiger partial charge in [0.1, 0.15) is 0 Å². The van der Waals surface area contributed by atoms with Crippen molar-refractivity contribution in [3.8, 4) is 0 Å². The first kappa shape index (κ1) is 14.1. The fourth-order valence-corrected chi connectivity index (χ4v) is 2.50. The Morgan fingerprint density at radius 2 is 2.00 bits per heavy atom. The van der Waals surface area contributed by atoms with Gasteiger partial charge in [-0.3, -0.25) is 4.79 Å². The van der Waals surface area contributed by atoms with Crippen LogP contribution in [-0.4, -0.2) is 11.6 Å². The molecule has 0 spiro atoms. The second-order valence-corrected chi connectivity index (χ2v) is 5.21. The first-order valence-corrected chi connectivity index (χ1v) is 6.76. The zero-order valence-electron chi connectivity index (χ0n) is 10.8. The number of nitrogens with zero attached hydrogens (tertiary/aromatic N) is 1. The molecule has 5 heteroatoms. The highest BCUT2D eigenvalue weighted by molar-refractivity contribution is 6.35. The summed E-state index contributed by atoms with van der Waals surface area (Å²) in [5.41, 5.74) is 5.89. The third-order valence-corrected chi connectivity index (χ3v) is 3.85. The predicted molar refractivity (Wildman–Crippen MR) is 78.9 cm³/mol. The van der Waals surface area contributed by atoms with E-state index in [1.165, 1.54) is 0 Å². The fourth-order valence-electron chi connectivity index (χ4n) is 2.02. The summed E-state index contributed by atoms with van der Waals surface area (Å²) in [7, 11) is 0. The van der Waals surface area contributed by atoms with Gasteiger partial charge in [0, 0.05) is 10.0 Å². The zero-order chi connectivity index (χ0) is 14.0. The number of rotatable bonds is 3. The Morgan fingerprint density at radius 1 is 1.26 bits per heavy atom. The fraction of sp³-hybridized carbons (Fsp3) is 0.286. The minimum Gasteiger partial charge on any atom is -0.267 e. The number of carbonyl (C=O) groups excluding carboxylic acids is 1. The van der Waals surface area contributed by atoms with Crippen LogP contribution in [0.5, 0.6) is 0 Å². The number of amides is 1. The molecule has 0 saturated heterocycles. The molecule has 1 aromatic rings. The minimum absolute atomic E-state index is 0.143. The molecule has 19 heavy (non-hydrogen) atoms. The van der Waals surface area contributed by atoms with Crippen LogP contribution in [0.25, 0.3) is 0 Å². The van der Waals surface area contributed by atoms with E-state index in [9.17, 15) is 4.79 Å². The second kappa shape index (κ2) is 5.76. The lowest BCUT2D eigenvalue weighted by Gasteiger charge is -2.07. The summed E-state index contributed by atoms with van der Waals surface area (Å²) in [4.78, 5) is 11.5. The maximum absolute atomic E-state index is 11.5. The third kappa shape index (κ3) is 2.99. The molecule has 3 nitrogen and oxygen atoms in total. The van der Waals surface area contributed by atoms with Crippen molar-refractivity contribution in [1.29, 1.82) is 0 Å². The average molecular weight is 297 g/mol. The summed E-state index contributed by atoms with van der Waals surface area (Å²) in [5.74, 6) is -0.143. The smallest absolute Gasteiger partial charge is 0.267 e. The highest BCUT2D eigenvalue weighted by atomic mass is 35.5. The van der Waals surface area contributed by atoms with Crippen LogP contribution in [0.2, 0.25) is 10.0 Å². The van der Waals surface area contributed by atoms with Crippen LogP contribution in [0.1, 0.15) is 24.5 Å². The van der Waals surface area contributed by atoms with Gasteiger partial charge in [-0.15, -0.1) is 0 Å². The van der Waals surface area contributed by atoms with E-state index in [1.54, 1.807) is 12.1 Å². The Bertz CT molecular complexity index is 591. The SMILES string of the molecule is C/C=C1/C(=O)NN=C1CCc1cc(C)c(Cl)cc1Cl. The lowest BCUT2D eigenvalue weighted by atomic mass is 10.0. The molecular formula is C14H14Cl2N2O. The average Bonchev–Trinajstić information content (AvgIpc) is 2.72. The summed E-state index contributed by atoms with van der Waals surface area (Å²) in [6.07, 6.45) is 3.16. The molecule has 1 N–H and O–H groups in total. The van der Waals surface area contributed by atoms with Gasteiger partial charge in [-0.1, -0.05) is 35.3 Å².